The average Bonchev–Trinajstić information content (AvgIpc) is 3.12. The second-order valence-corrected chi connectivity index (χ2v) is 8.04. The van der Waals surface area contributed by atoms with E-state index in [-0.39, 0.29) is 11.7 Å². The maximum Gasteiger partial charge on any atom is 0.234 e. The van der Waals surface area contributed by atoms with Crippen LogP contribution in [0.3, 0.4) is 0 Å². The molecule has 3 aromatic rings. The number of benzene rings is 2. The number of rotatable bonds is 5. The Hall–Kier alpha value is -2.31. The maximum atomic E-state index is 12.9. The summed E-state index contributed by atoms with van der Waals surface area (Å²) < 4.78 is 14.2. The number of hydrogen-bond donors (Lipinski definition) is 1. The zero-order valence-corrected chi connectivity index (χ0v) is 15.8. The first-order valence-electron chi connectivity index (χ1n) is 9.26. The smallest absolute Gasteiger partial charge is 0.234 e. The Balaban J connectivity index is 1.25. The summed E-state index contributed by atoms with van der Waals surface area (Å²) in [5, 5.41) is 4.13. The Morgan fingerprint density at radius 3 is 2.63 bits per heavy atom. The highest BCUT2D eigenvalue weighted by Crippen LogP contribution is 2.33. The number of likely N-dealkylation sites (tertiary alicyclic amines) is 1. The highest BCUT2D eigenvalue weighted by molar-refractivity contribution is 7.18. The monoisotopic (exact) mass is 383 g/mol. The third-order valence-corrected chi connectivity index (χ3v) is 6.22. The van der Waals surface area contributed by atoms with Gasteiger partial charge < -0.3 is 5.32 Å². The van der Waals surface area contributed by atoms with Crippen LogP contribution in [0.1, 0.15) is 29.3 Å². The standard InChI is InChI=1S/C21H22FN3OS/c22-17-7-5-15(6-8-17)13-23-20(26)14-25-11-9-16(10-12-25)21-24-18-3-1-2-4-19(18)27-21/h1-8,16H,9-14H2,(H,23,26). The van der Waals surface area contributed by atoms with Gasteiger partial charge in [-0.1, -0.05) is 24.3 Å². The second kappa shape index (κ2) is 8.15. The number of piperidine rings is 1. The first kappa shape index (κ1) is 18.1. The summed E-state index contributed by atoms with van der Waals surface area (Å²) in [5.41, 5.74) is 1.99. The van der Waals surface area contributed by atoms with Crippen LogP contribution in [0, 0.1) is 5.82 Å². The zero-order chi connectivity index (χ0) is 18.6. The molecule has 1 aromatic heterocycles. The summed E-state index contributed by atoms with van der Waals surface area (Å²) >= 11 is 1.79. The number of fused-ring (bicyclic) bond motifs is 1. The van der Waals surface area contributed by atoms with E-state index < -0.39 is 0 Å². The van der Waals surface area contributed by atoms with Gasteiger partial charge in [-0.25, -0.2) is 9.37 Å². The van der Waals surface area contributed by atoms with Gasteiger partial charge in [0.1, 0.15) is 5.82 Å². The number of carbonyl (C=O) groups is 1. The number of carbonyl (C=O) groups excluding carboxylic acids is 1. The van der Waals surface area contributed by atoms with Crippen molar-refractivity contribution in [1.29, 1.82) is 0 Å². The predicted molar refractivity (Wildman–Crippen MR) is 106 cm³/mol. The fraction of sp³-hybridized carbons (Fsp3) is 0.333. The van der Waals surface area contributed by atoms with Crippen LogP contribution in [-0.2, 0) is 11.3 Å². The van der Waals surface area contributed by atoms with E-state index in [1.54, 1.807) is 23.5 Å². The normalized spacial score (nSPS) is 15.9. The summed E-state index contributed by atoms with van der Waals surface area (Å²) in [7, 11) is 0. The molecule has 6 heteroatoms. The summed E-state index contributed by atoms with van der Waals surface area (Å²) in [5.74, 6) is 0.236. The highest BCUT2D eigenvalue weighted by Gasteiger charge is 2.24. The van der Waals surface area contributed by atoms with Crippen LogP contribution in [-0.4, -0.2) is 35.4 Å². The molecular weight excluding hydrogens is 361 g/mol. The number of para-hydroxylation sites is 1. The van der Waals surface area contributed by atoms with Crippen LogP contribution >= 0.6 is 11.3 Å². The molecule has 2 heterocycles. The highest BCUT2D eigenvalue weighted by atomic mass is 32.1. The fourth-order valence-corrected chi connectivity index (χ4v) is 4.60. The first-order chi connectivity index (χ1) is 13.2. The maximum absolute atomic E-state index is 12.9. The Labute approximate surface area is 162 Å². The van der Waals surface area contributed by atoms with Crippen molar-refractivity contribution in [1.82, 2.24) is 15.2 Å². The van der Waals surface area contributed by atoms with Crippen LogP contribution in [0.5, 0.6) is 0 Å². The topological polar surface area (TPSA) is 45.2 Å². The summed E-state index contributed by atoms with van der Waals surface area (Å²) in [6.45, 7) is 2.66. The van der Waals surface area contributed by atoms with Gasteiger partial charge in [0, 0.05) is 12.5 Å². The van der Waals surface area contributed by atoms with E-state index in [2.05, 4.69) is 28.4 Å². The lowest BCUT2D eigenvalue weighted by Crippen LogP contribution is -2.41. The number of thiazole rings is 1. The molecule has 140 valence electrons. The molecule has 1 aliphatic rings. The minimum absolute atomic E-state index is 0.0118. The molecule has 0 saturated carbocycles. The van der Waals surface area contributed by atoms with Gasteiger partial charge in [-0.05, 0) is 55.8 Å². The van der Waals surface area contributed by atoms with Crippen LogP contribution in [0.25, 0.3) is 10.2 Å². The third kappa shape index (κ3) is 4.51. The SMILES string of the molecule is O=C(CN1CCC(c2nc3ccccc3s2)CC1)NCc1ccc(F)cc1. The third-order valence-electron chi connectivity index (χ3n) is 5.02. The van der Waals surface area contributed by atoms with E-state index in [9.17, 15) is 9.18 Å². The lowest BCUT2D eigenvalue weighted by molar-refractivity contribution is -0.122. The predicted octanol–water partition coefficient (Wildman–Crippen LogP) is 3.93. The molecule has 0 bridgehead atoms. The number of nitrogens with zero attached hydrogens (tertiary/aromatic N) is 2. The molecule has 4 rings (SSSR count). The Kier molecular flexibility index (Phi) is 5.45. The first-order valence-corrected chi connectivity index (χ1v) is 10.1. The molecule has 0 radical (unpaired) electrons. The van der Waals surface area contributed by atoms with Crippen molar-refractivity contribution in [2.45, 2.75) is 25.3 Å². The van der Waals surface area contributed by atoms with E-state index >= 15 is 0 Å². The second-order valence-electron chi connectivity index (χ2n) is 6.97. The molecule has 2 aromatic carbocycles. The molecule has 1 saturated heterocycles. The van der Waals surface area contributed by atoms with Gasteiger partial charge in [-0.15, -0.1) is 11.3 Å². The van der Waals surface area contributed by atoms with E-state index in [4.69, 9.17) is 4.98 Å². The number of aromatic nitrogens is 1. The van der Waals surface area contributed by atoms with E-state index in [1.165, 1.54) is 21.8 Å². The lowest BCUT2D eigenvalue weighted by Gasteiger charge is -2.30. The quantitative estimate of drug-likeness (QED) is 0.726. The van der Waals surface area contributed by atoms with Crippen molar-refractivity contribution in [3.8, 4) is 0 Å². The van der Waals surface area contributed by atoms with Gasteiger partial charge in [-0.2, -0.15) is 0 Å². The van der Waals surface area contributed by atoms with Crippen LogP contribution < -0.4 is 5.32 Å². The number of amides is 1. The Morgan fingerprint density at radius 2 is 1.89 bits per heavy atom. The zero-order valence-electron chi connectivity index (χ0n) is 15.0. The Bertz CT molecular complexity index is 884. The van der Waals surface area contributed by atoms with Gasteiger partial charge in [-0.3, -0.25) is 9.69 Å². The molecular formula is C21H22FN3OS. The van der Waals surface area contributed by atoms with Gasteiger partial charge in [0.05, 0.1) is 21.8 Å². The van der Waals surface area contributed by atoms with Gasteiger partial charge in [0.15, 0.2) is 0 Å². The lowest BCUT2D eigenvalue weighted by atomic mass is 9.97. The molecule has 1 fully saturated rings. The van der Waals surface area contributed by atoms with Crippen LogP contribution in [0.15, 0.2) is 48.5 Å². The molecule has 0 atom stereocenters. The van der Waals surface area contributed by atoms with E-state index in [0.29, 0.717) is 19.0 Å². The van der Waals surface area contributed by atoms with E-state index in [0.717, 1.165) is 37.0 Å². The van der Waals surface area contributed by atoms with Crippen molar-refractivity contribution in [2.24, 2.45) is 0 Å². The van der Waals surface area contributed by atoms with Gasteiger partial charge in [0.2, 0.25) is 5.91 Å². The summed E-state index contributed by atoms with van der Waals surface area (Å²) in [4.78, 5) is 19.2. The fourth-order valence-electron chi connectivity index (χ4n) is 3.46. The molecule has 1 amide bonds. The van der Waals surface area contributed by atoms with Crippen molar-refractivity contribution in [3.05, 3.63) is 64.9 Å². The van der Waals surface area contributed by atoms with Crippen molar-refractivity contribution in [3.63, 3.8) is 0 Å². The molecule has 27 heavy (non-hydrogen) atoms. The molecule has 1 N–H and O–H groups in total. The molecule has 0 spiro atoms. The number of hydrogen-bond acceptors (Lipinski definition) is 4. The molecule has 0 aliphatic carbocycles. The van der Waals surface area contributed by atoms with Crippen LogP contribution in [0.2, 0.25) is 0 Å². The molecule has 1 aliphatic heterocycles. The average molecular weight is 383 g/mol. The molecule has 0 unspecified atom stereocenters. The Morgan fingerprint density at radius 1 is 1.15 bits per heavy atom. The number of halogens is 1. The summed E-state index contributed by atoms with van der Waals surface area (Å²) in [6, 6.07) is 14.5. The number of nitrogens with one attached hydrogen (secondary N) is 1. The van der Waals surface area contributed by atoms with Gasteiger partial charge in [0.25, 0.3) is 0 Å². The van der Waals surface area contributed by atoms with Gasteiger partial charge >= 0.3 is 0 Å². The van der Waals surface area contributed by atoms with Crippen molar-refractivity contribution in [2.75, 3.05) is 19.6 Å². The minimum atomic E-state index is -0.263. The van der Waals surface area contributed by atoms with Crippen molar-refractivity contribution >= 4 is 27.5 Å². The molecule has 4 nitrogen and oxygen atoms in total. The largest absolute Gasteiger partial charge is 0.351 e. The van der Waals surface area contributed by atoms with Crippen molar-refractivity contribution < 1.29 is 9.18 Å². The van der Waals surface area contributed by atoms with E-state index in [1.807, 2.05) is 6.07 Å². The summed E-state index contributed by atoms with van der Waals surface area (Å²) in [6.07, 6.45) is 2.07. The minimum Gasteiger partial charge on any atom is -0.351 e. The van der Waals surface area contributed by atoms with Crippen LogP contribution in [0.4, 0.5) is 4.39 Å².